The average Bonchev–Trinajstić information content (AvgIpc) is 2.38. The molecule has 1 heterocycles. The van der Waals surface area contributed by atoms with Gasteiger partial charge in [0.05, 0.1) is 8.56 Å². The summed E-state index contributed by atoms with van der Waals surface area (Å²) in [7, 11) is -9.73. The molecule has 0 saturated carbocycles. The van der Waals surface area contributed by atoms with Gasteiger partial charge >= 0.3 is 63.4 Å². The van der Waals surface area contributed by atoms with Crippen LogP contribution >= 0.6 is 0 Å². The molecule has 0 radical (unpaired) electrons. The topological polar surface area (TPSA) is 60.0 Å². The standard InChI is InChI=1S/C8H21O2Si2.C6H18O3Si3.C4H9.CH4.2Li/c1-6-7-8-11(2,3)10-12(4,5)9;1-10(2)7-11(3,4)9-12(5,6)8-10;1-3-4-2;;;/h6-8H2,1-5H3;1-6H3;1,3-4H2,2H3;1H4;;/q-1;;-1;;2*+1. The van der Waals surface area contributed by atoms with Crippen LogP contribution in [0.1, 0.15) is 47.0 Å². The fraction of sp³-hybridized carbons (Fsp3) is 0.947. The third kappa shape index (κ3) is 28.2. The van der Waals surface area contributed by atoms with Crippen molar-refractivity contribution in [1.29, 1.82) is 0 Å². The van der Waals surface area contributed by atoms with E-state index in [0.29, 0.717) is 0 Å². The van der Waals surface area contributed by atoms with E-state index < -0.39 is 42.6 Å². The fourth-order valence-electron chi connectivity index (χ4n) is 3.16. The third-order valence-electron chi connectivity index (χ3n) is 3.48. The smallest absolute Gasteiger partial charge is 0.839 e. The van der Waals surface area contributed by atoms with Crippen molar-refractivity contribution in [2.75, 3.05) is 0 Å². The van der Waals surface area contributed by atoms with E-state index >= 15 is 0 Å². The zero-order valence-corrected chi connectivity index (χ0v) is 27.8. The Bertz CT molecular complexity index is 387. The van der Waals surface area contributed by atoms with Crippen LogP contribution in [0.4, 0.5) is 0 Å². The number of rotatable bonds is 6. The summed E-state index contributed by atoms with van der Waals surface area (Å²) in [6.07, 6.45) is 4.67. The van der Waals surface area contributed by atoms with E-state index in [0.717, 1.165) is 12.5 Å². The van der Waals surface area contributed by atoms with Crippen LogP contribution in [-0.4, -0.2) is 42.6 Å². The van der Waals surface area contributed by atoms with E-state index in [1.54, 1.807) is 13.1 Å². The number of hydrogen-bond acceptors (Lipinski definition) is 5. The van der Waals surface area contributed by atoms with Crippen molar-refractivity contribution < 1.29 is 59.0 Å². The van der Waals surface area contributed by atoms with Gasteiger partial charge in [0, 0.05) is 0 Å². The molecule has 5 nitrogen and oxygen atoms in total. The van der Waals surface area contributed by atoms with E-state index in [4.69, 9.17) is 16.5 Å². The Labute approximate surface area is 225 Å². The maximum Gasteiger partial charge on any atom is 1.00 e. The monoisotopic (exact) mass is 514 g/mol. The van der Waals surface area contributed by atoms with E-state index in [-0.39, 0.29) is 45.1 Å². The molecule has 31 heavy (non-hydrogen) atoms. The molecule has 0 bridgehead atoms. The Hall–Kier alpha value is 2.08. The minimum absolute atomic E-state index is 0. The predicted molar refractivity (Wildman–Crippen MR) is 138 cm³/mol. The van der Waals surface area contributed by atoms with Crippen molar-refractivity contribution in [3.05, 3.63) is 6.92 Å². The summed E-state index contributed by atoms with van der Waals surface area (Å²) >= 11 is 0. The van der Waals surface area contributed by atoms with Crippen LogP contribution in [0.5, 0.6) is 0 Å². The van der Waals surface area contributed by atoms with Crippen molar-refractivity contribution in [3.8, 4) is 0 Å². The molecule has 0 aromatic rings. The molecule has 1 saturated heterocycles. The summed E-state index contributed by atoms with van der Waals surface area (Å²) in [5, 5.41) is 0. The van der Waals surface area contributed by atoms with E-state index in [1.165, 1.54) is 19.3 Å². The second-order valence-electron chi connectivity index (χ2n) is 9.72. The second kappa shape index (κ2) is 18.4. The van der Waals surface area contributed by atoms with E-state index in [1.807, 2.05) is 0 Å². The Balaban J connectivity index is -0.000000115. The van der Waals surface area contributed by atoms with E-state index in [9.17, 15) is 4.80 Å². The molecule has 180 valence electrons. The van der Waals surface area contributed by atoms with Gasteiger partial charge < -0.3 is 28.2 Å². The van der Waals surface area contributed by atoms with E-state index in [2.05, 4.69) is 73.1 Å². The molecule has 0 amide bonds. The van der Waals surface area contributed by atoms with Crippen LogP contribution in [0.2, 0.25) is 71.5 Å². The van der Waals surface area contributed by atoms with Gasteiger partial charge in [-0.15, -0.1) is 0 Å². The normalized spacial score (nSPS) is 18.4. The summed E-state index contributed by atoms with van der Waals surface area (Å²) in [6.45, 7) is 28.2. The van der Waals surface area contributed by atoms with Crippen LogP contribution in [0, 0.1) is 6.92 Å². The predicted octanol–water partition coefficient (Wildman–Crippen LogP) is 0.490. The van der Waals surface area contributed by atoms with Gasteiger partial charge in [0.2, 0.25) is 0 Å². The summed E-state index contributed by atoms with van der Waals surface area (Å²) in [5.41, 5.74) is 0. The average molecular weight is 515 g/mol. The Kier molecular flexibility index (Phi) is 25.6. The Morgan fingerprint density at radius 1 is 0.774 bits per heavy atom. The molecule has 0 aromatic heterocycles. The molecule has 0 aromatic carbocycles. The minimum atomic E-state index is -2.53. The van der Waals surface area contributed by atoms with Crippen molar-refractivity contribution >= 4 is 42.6 Å². The first-order chi connectivity index (χ1) is 12.3. The molecule has 1 aliphatic heterocycles. The SMILES string of the molecule is C.CCCC[Si](C)(C)O[Si](C)(C)[O-].C[Si]1(C)O[Si](C)(C)O[Si](C)(C)O1.[CH2-]CCC.[Li+].[Li+]. The van der Waals surface area contributed by atoms with Crippen LogP contribution in [-0.2, 0) is 16.5 Å². The van der Waals surface area contributed by atoms with Gasteiger partial charge in [-0.1, -0.05) is 53.6 Å². The summed E-state index contributed by atoms with van der Waals surface area (Å²) < 4.78 is 23.2. The van der Waals surface area contributed by atoms with Crippen LogP contribution in [0.25, 0.3) is 0 Å². The van der Waals surface area contributed by atoms with Gasteiger partial charge in [-0.2, -0.15) is 6.42 Å². The first kappa shape index (κ1) is 43.2. The van der Waals surface area contributed by atoms with Crippen LogP contribution < -0.4 is 42.5 Å². The van der Waals surface area contributed by atoms with Crippen molar-refractivity contribution in [3.63, 3.8) is 0 Å². The van der Waals surface area contributed by atoms with Gasteiger partial charge in [-0.05, 0) is 58.4 Å². The summed E-state index contributed by atoms with van der Waals surface area (Å²) in [6, 6.07) is 1.13. The molecule has 1 aliphatic rings. The minimum Gasteiger partial charge on any atom is -0.839 e. The van der Waals surface area contributed by atoms with Crippen molar-refractivity contribution in [2.45, 2.75) is 118 Å². The first-order valence-corrected chi connectivity index (χ1v) is 25.0. The number of unbranched alkanes of at least 4 members (excludes halogenated alkanes) is 2. The van der Waals surface area contributed by atoms with Crippen LogP contribution in [0.3, 0.4) is 0 Å². The molecule has 12 heteroatoms. The fourth-order valence-corrected chi connectivity index (χ4v) is 25.9. The summed E-state index contributed by atoms with van der Waals surface area (Å²) in [5.74, 6) is 0. The third-order valence-corrected chi connectivity index (χ3v) is 21.0. The first-order valence-electron chi connectivity index (χ1n) is 10.6. The van der Waals surface area contributed by atoms with Crippen molar-refractivity contribution in [1.82, 2.24) is 0 Å². The number of hydrogen-bond donors (Lipinski definition) is 0. The van der Waals surface area contributed by atoms with Crippen molar-refractivity contribution in [2.24, 2.45) is 0 Å². The molecular weight excluding hydrogens is 463 g/mol. The van der Waals surface area contributed by atoms with Gasteiger partial charge in [0.15, 0.2) is 8.32 Å². The largest absolute Gasteiger partial charge is 1.00 e. The quantitative estimate of drug-likeness (QED) is 0.381. The maximum absolute atomic E-state index is 11.4. The van der Waals surface area contributed by atoms with Gasteiger partial charge in [-0.25, -0.2) is 0 Å². The van der Waals surface area contributed by atoms with Gasteiger partial charge in [0.25, 0.3) is 0 Å². The molecular formula is C19H52Li2O5Si5. The Morgan fingerprint density at radius 2 is 1.06 bits per heavy atom. The molecule has 0 atom stereocenters. The molecule has 1 rings (SSSR count). The molecule has 0 aliphatic carbocycles. The molecule has 0 unspecified atom stereocenters. The summed E-state index contributed by atoms with van der Waals surface area (Å²) in [4.78, 5) is 11.4. The Morgan fingerprint density at radius 3 is 1.26 bits per heavy atom. The maximum atomic E-state index is 11.4. The zero-order valence-electron chi connectivity index (χ0n) is 22.8. The second-order valence-corrected chi connectivity index (χ2v) is 28.2. The van der Waals surface area contributed by atoms with Gasteiger partial charge in [-0.3, -0.25) is 0 Å². The van der Waals surface area contributed by atoms with Crippen LogP contribution in [0.15, 0.2) is 0 Å². The van der Waals surface area contributed by atoms with Gasteiger partial charge in [0.1, 0.15) is 0 Å². The molecule has 0 N–H and O–H groups in total. The molecule has 1 fully saturated rings. The zero-order chi connectivity index (χ0) is 22.9. The molecule has 0 spiro atoms.